The molecule has 5 rings (SSSR count). The largest absolute Gasteiger partial charge is 0.329 e. The molecule has 0 saturated carbocycles. The van der Waals surface area contributed by atoms with Crippen LogP contribution >= 0.6 is 23.4 Å². The van der Waals surface area contributed by atoms with Gasteiger partial charge in [0.25, 0.3) is 5.91 Å². The van der Waals surface area contributed by atoms with Crippen molar-refractivity contribution in [3.05, 3.63) is 77.1 Å². The number of nitrogens with one attached hydrogen (secondary N) is 1. The molecule has 2 unspecified atom stereocenters. The Morgan fingerprint density at radius 2 is 1.87 bits per heavy atom. The summed E-state index contributed by atoms with van der Waals surface area (Å²) in [4.78, 5) is 31.8. The number of imide groups is 1. The van der Waals surface area contributed by atoms with Gasteiger partial charge in [-0.25, -0.2) is 18.5 Å². The molecule has 150 valence electrons. The first kappa shape index (κ1) is 19.0. The molecule has 1 fully saturated rings. The van der Waals surface area contributed by atoms with E-state index in [1.807, 2.05) is 18.2 Å². The summed E-state index contributed by atoms with van der Waals surface area (Å²) < 4.78 is 27.5. The number of anilines is 1. The second kappa shape index (κ2) is 7.07. The van der Waals surface area contributed by atoms with E-state index in [0.29, 0.717) is 5.02 Å². The minimum atomic E-state index is -1.07. The summed E-state index contributed by atoms with van der Waals surface area (Å²) >= 11 is 7.57. The molecule has 0 radical (unpaired) electrons. The van der Waals surface area contributed by atoms with Gasteiger partial charge in [-0.1, -0.05) is 29.8 Å². The second-order valence-electron chi connectivity index (χ2n) is 6.84. The molecule has 2 aromatic carbocycles. The highest BCUT2D eigenvalue weighted by Crippen LogP contribution is 2.44. The van der Waals surface area contributed by atoms with Crippen molar-refractivity contribution in [3.8, 4) is 0 Å². The zero-order chi connectivity index (χ0) is 21.0. The molecule has 3 aromatic rings. The SMILES string of the molecule is O=C1NC2C=C(c3ccccc3Cl)SC2C(=O)N1c1cncc2cc(F)c(F)cc12. The van der Waals surface area contributed by atoms with Crippen LogP contribution < -0.4 is 10.2 Å². The van der Waals surface area contributed by atoms with Gasteiger partial charge in [-0.3, -0.25) is 9.78 Å². The predicted octanol–water partition coefficient (Wildman–Crippen LogP) is 4.75. The lowest BCUT2D eigenvalue weighted by molar-refractivity contribution is -0.118. The van der Waals surface area contributed by atoms with Gasteiger partial charge in [0.2, 0.25) is 0 Å². The van der Waals surface area contributed by atoms with E-state index in [4.69, 9.17) is 11.6 Å². The van der Waals surface area contributed by atoms with E-state index in [0.717, 1.165) is 27.5 Å². The molecule has 0 aliphatic carbocycles. The molecule has 1 N–H and O–H groups in total. The third-order valence-electron chi connectivity index (χ3n) is 5.03. The second-order valence-corrected chi connectivity index (χ2v) is 8.43. The smallest absolute Gasteiger partial charge is 0.329 e. The molecule has 9 heteroatoms. The van der Waals surface area contributed by atoms with E-state index < -0.39 is 34.9 Å². The summed E-state index contributed by atoms with van der Waals surface area (Å²) in [5, 5.41) is 3.22. The van der Waals surface area contributed by atoms with Gasteiger partial charge in [0.05, 0.1) is 17.9 Å². The van der Waals surface area contributed by atoms with E-state index in [9.17, 15) is 18.4 Å². The van der Waals surface area contributed by atoms with Crippen LogP contribution in [0.5, 0.6) is 0 Å². The maximum absolute atomic E-state index is 13.9. The molecule has 2 aliphatic rings. The van der Waals surface area contributed by atoms with Crippen LogP contribution in [0.2, 0.25) is 5.02 Å². The number of amides is 3. The van der Waals surface area contributed by atoms with Crippen LogP contribution in [-0.2, 0) is 4.79 Å². The van der Waals surface area contributed by atoms with Gasteiger partial charge in [-0.05, 0) is 24.3 Å². The number of hydrogen-bond donors (Lipinski definition) is 1. The summed E-state index contributed by atoms with van der Waals surface area (Å²) in [7, 11) is 0. The van der Waals surface area contributed by atoms with Crippen molar-refractivity contribution in [2.24, 2.45) is 0 Å². The van der Waals surface area contributed by atoms with Crippen molar-refractivity contribution in [2.75, 3.05) is 4.90 Å². The van der Waals surface area contributed by atoms with E-state index >= 15 is 0 Å². The Kier molecular flexibility index (Phi) is 4.48. The van der Waals surface area contributed by atoms with E-state index in [1.165, 1.54) is 24.2 Å². The molecule has 1 saturated heterocycles. The lowest BCUT2D eigenvalue weighted by Gasteiger charge is -2.33. The average molecular weight is 444 g/mol. The zero-order valence-electron chi connectivity index (χ0n) is 15.1. The Hall–Kier alpha value is -2.97. The molecule has 2 atom stereocenters. The summed E-state index contributed by atoms with van der Waals surface area (Å²) in [6, 6.07) is 8.03. The number of pyridine rings is 1. The van der Waals surface area contributed by atoms with E-state index in [-0.39, 0.29) is 16.5 Å². The number of thioether (sulfide) groups is 1. The lowest BCUT2D eigenvalue weighted by atomic mass is 10.1. The highest BCUT2D eigenvalue weighted by atomic mass is 35.5. The lowest BCUT2D eigenvalue weighted by Crippen LogP contribution is -2.60. The fraction of sp³-hybridized carbons (Fsp3) is 0.0952. The number of carbonyl (C=O) groups excluding carboxylic acids is 2. The van der Waals surface area contributed by atoms with Crippen LogP contribution in [-0.4, -0.2) is 28.2 Å². The van der Waals surface area contributed by atoms with Gasteiger partial charge < -0.3 is 5.32 Å². The zero-order valence-corrected chi connectivity index (χ0v) is 16.7. The quantitative estimate of drug-likeness (QED) is 0.621. The number of nitrogens with zero attached hydrogens (tertiary/aromatic N) is 2. The number of aromatic nitrogens is 1. The van der Waals surface area contributed by atoms with Crippen molar-refractivity contribution >= 4 is 56.7 Å². The number of fused-ring (bicyclic) bond motifs is 2. The molecular weight excluding hydrogens is 432 g/mol. The Labute approximate surface area is 178 Å². The van der Waals surface area contributed by atoms with Crippen LogP contribution in [0.1, 0.15) is 5.56 Å². The highest BCUT2D eigenvalue weighted by Gasteiger charge is 2.45. The maximum atomic E-state index is 13.9. The highest BCUT2D eigenvalue weighted by molar-refractivity contribution is 8.09. The van der Waals surface area contributed by atoms with Crippen molar-refractivity contribution in [1.82, 2.24) is 10.3 Å². The first-order valence-corrected chi connectivity index (χ1v) is 10.2. The maximum Gasteiger partial charge on any atom is 0.329 e. The van der Waals surface area contributed by atoms with Crippen molar-refractivity contribution in [3.63, 3.8) is 0 Å². The Balaban J connectivity index is 1.53. The summed E-state index contributed by atoms with van der Waals surface area (Å²) in [6.07, 6.45) is 4.44. The minimum absolute atomic E-state index is 0.0964. The topological polar surface area (TPSA) is 62.3 Å². The Morgan fingerprint density at radius 1 is 1.10 bits per heavy atom. The van der Waals surface area contributed by atoms with Gasteiger partial charge in [-0.2, -0.15) is 0 Å². The molecule has 5 nitrogen and oxygen atoms in total. The van der Waals surface area contributed by atoms with Crippen LogP contribution in [0, 0.1) is 11.6 Å². The fourth-order valence-corrected chi connectivity index (χ4v) is 5.22. The van der Waals surface area contributed by atoms with Crippen LogP contribution in [0.4, 0.5) is 19.3 Å². The number of hydrogen-bond acceptors (Lipinski definition) is 4. The van der Waals surface area contributed by atoms with Gasteiger partial charge in [0.15, 0.2) is 11.6 Å². The Morgan fingerprint density at radius 3 is 2.67 bits per heavy atom. The molecule has 2 aliphatic heterocycles. The summed E-state index contributed by atoms with van der Waals surface area (Å²) in [5.74, 6) is -2.57. The molecule has 0 spiro atoms. The molecular formula is C21H12ClF2N3O2S. The predicted molar refractivity (Wildman–Crippen MR) is 112 cm³/mol. The van der Waals surface area contributed by atoms with Crippen LogP contribution in [0.3, 0.4) is 0 Å². The molecule has 3 heterocycles. The van der Waals surface area contributed by atoms with Crippen molar-refractivity contribution in [2.45, 2.75) is 11.3 Å². The number of carbonyl (C=O) groups is 2. The fourth-order valence-electron chi connectivity index (χ4n) is 3.62. The molecule has 0 bridgehead atoms. The number of benzene rings is 2. The van der Waals surface area contributed by atoms with E-state index in [2.05, 4.69) is 10.3 Å². The first-order valence-electron chi connectivity index (χ1n) is 8.94. The number of rotatable bonds is 2. The summed E-state index contributed by atoms with van der Waals surface area (Å²) in [6.45, 7) is 0. The van der Waals surface area contributed by atoms with Crippen LogP contribution in [0.15, 0.2) is 54.9 Å². The third-order valence-corrected chi connectivity index (χ3v) is 6.72. The minimum Gasteiger partial charge on any atom is -0.329 e. The van der Waals surface area contributed by atoms with Gasteiger partial charge in [-0.15, -0.1) is 11.8 Å². The molecule has 3 amide bonds. The van der Waals surface area contributed by atoms with Crippen molar-refractivity contribution < 1.29 is 18.4 Å². The molecule has 1 aromatic heterocycles. The molecule has 30 heavy (non-hydrogen) atoms. The average Bonchev–Trinajstić information content (AvgIpc) is 3.13. The third kappa shape index (κ3) is 2.95. The standard InChI is InChI=1S/C21H12ClF2N3O2S/c22-13-4-2-1-3-11(13)18-7-16-19(30-18)20(28)27(21(29)26-16)17-9-25-8-10-5-14(23)15(24)6-12(10)17/h1-9,16,19H,(H,26,29). The normalized spacial score (nSPS) is 20.9. The Bertz CT molecular complexity index is 1270. The number of urea groups is 1. The van der Waals surface area contributed by atoms with Crippen molar-refractivity contribution in [1.29, 1.82) is 0 Å². The van der Waals surface area contributed by atoms with Gasteiger partial charge in [0.1, 0.15) is 5.25 Å². The summed E-state index contributed by atoms with van der Waals surface area (Å²) in [5.41, 5.74) is 0.871. The first-order chi connectivity index (χ1) is 14.4. The van der Waals surface area contributed by atoms with E-state index in [1.54, 1.807) is 12.1 Å². The van der Waals surface area contributed by atoms with Gasteiger partial charge >= 0.3 is 6.03 Å². The van der Waals surface area contributed by atoms with Gasteiger partial charge in [0, 0.05) is 32.5 Å². The number of halogens is 3. The van der Waals surface area contributed by atoms with Crippen LogP contribution in [0.25, 0.3) is 15.7 Å². The monoisotopic (exact) mass is 443 g/mol.